The predicted octanol–water partition coefficient (Wildman–Crippen LogP) is 3.86. The average Bonchev–Trinajstić information content (AvgIpc) is 2.99. The van der Waals surface area contributed by atoms with Crippen molar-refractivity contribution in [3.05, 3.63) is 65.7 Å². The number of aromatic nitrogens is 2. The number of hydrogen-bond donors (Lipinski definition) is 3. The molecule has 3 unspecified atom stereocenters. The molecule has 0 saturated heterocycles. The molecule has 0 saturated carbocycles. The summed E-state index contributed by atoms with van der Waals surface area (Å²) in [5.41, 5.74) is 2.76. The van der Waals surface area contributed by atoms with Crippen molar-refractivity contribution in [1.29, 1.82) is 0 Å². The maximum absolute atomic E-state index is 13.0. The number of fused-ring (bicyclic) bond motifs is 1. The summed E-state index contributed by atoms with van der Waals surface area (Å²) in [6.07, 6.45) is 3.67. The van der Waals surface area contributed by atoms with Crippen molar-refractivity contribution in [3.63, 3.8) is 0 Å². The third-order valence-electron chi connectivity index (χ3n) is 4.32. The van der Waals surface area contributed by atoms with Gasteiger partial charge in [0.05, 0.1) is 6.10 Å². The Labute approximate surface area is 140 Å². The lowest BCUT2D eigenvalue weighted by atomic mass is 10.0. The summed E-state index contributed by atoms with van der Waals surface area (Å²) >= 11 is 0. The molecule has 0 amide bonds. The topological polar surface area (TPSA) is 60.9 Å². The van der Waals surface area contributed by atoms with Crippen molar-refractivity contribution in [1.82, 2.24) is 15.3 Å². The van der Waals surface area contributed by atoms with Gasteiger partial charge in [0.15, 0.2) is 0 Å². The number of H-pyrrole nitrogens is 1. The van der Waals surface area contributed by atoms with E-state index in [0.29, 0.717) is 6.42 Å². The second kappa shape index (κ2) is 7.11. The monoisotopic (exact) mass is 327 g/mol. The van der Waals surface area contributed by atoms with Gasteiger partial charge in [0, 0.05) is 29.9 Å². The number of halogens is 1. The molecule has 0 fully saturated rings. The predicted molar refractivity (Wildman–Crippen MR) is 93.1 cm³/mol. The Balaban J connectivity index is 1.63. The van der Waals surface area contributed by atoms with Gasteiger partial charge in [-0.15, -0.1) is 0 Å². The molecule has 0 spiro atoms. The van der Waals surface area contributed by atoms with E-state index in [1.807, 2.05) is 25.3 Å². The molecule has 126 valence electrons. The van der Waals surface area contributed by atoms with Crippen LogP contribution in [0.5, 0.6) is 0 Å². The number of nitrogens with zero attached hydrogens (tertiary/aromatic N) is 1. The van der Waals surface area contributed by atoms with Crippen LogP contribution in [0.25, 0.3) is 11.0 Å². The molecule has 1 aromatic carbocycles. The average molecular weight is 327 g/mol. The van der Waals surface area contributed by atoms with E-state index in [4.69, 9.17) is 0 Å². The Morgan fingerprint density at radius 3 is 2.71 bits per heavy atom. The zero-order valence-electron chi connectivity index (χ0n) is 13.8. The highest BCUT2D eigenvalue weighted by Crippen LogP contribution is 2.24. The van der Waals surface area contributed by atoms with Gasteiger partial charge in [-0.25, -0.2) is 9.37 Å². The molecule has 0 aliphatic heterocycles. The lowest BCUT2D eigenvalue weighted by Gasteiger charge is -2.22. The van der Waals surface area contributed by atoms with Gasteiger partial charge in [-0.3, -0.25) is 0 Å². The molecule has 0 radical (unpaired) electrons. The molecular weight excluding hydrogens is 305 g/mol. The quantitative estimate of drug-likeness (QED) is 0.644. The summed E-state index contributed by atoms with van der Waals surface area (Å²) in [5, 5.41) is 14.9. The van der Waals surface area contributed by atoms with Crippen molar-refractivity contribution in [2.45, 2.75) is 38.5 Å². The highest BCUT2D eigenvalue weighted by atomic mass is 19.1. The fourth-order valence-corrected chi connectivity index (χ4v) is 3.08. The Bertz CT molecular complexity index is 800. The molecule has 2 aromatic heterocycles. The molecule has 2 heterocycles. The third kappa shape index (κ3) is 3.63. The van der Waals surface area contributed by atoms with Crippen molar-refractivity contribution in [2.24, 2.45) is 0 Å². The van der Waals surface area contributed by atoms with Crippen LogP contribution in [0.4, 0.5) is 4.39 Å². The van der Waals surface area contributed by atoms with Gasteiger partial charge in [0.2, 0.25) is 0 Å². The summed E-state index contributed by atoms with van der Waals surface area (Å²) < 4.78 is 13.0. The molecule has 3 atom stereocenters. The second-order valence-corrected chi connectivity index (χ2v) is 6.24. The minimum atomic E-state index is -0.620. The molecule has 3 aromatic rings. The van der Waals surface area contributed by atoms with Gasteiger partial charge < -0.3 is 15.4 Å². The highest BCUT2D eigenvalue weighted by Gasteiger charge is 2.17. The van der Waals surface area contributed by atoms with Crippen molar-refractivity contribution < 1.29 is 9.50 Å². The fraction of sp³-hybridized carbons (Fsp3) is 0.316. The Hall–Kier alpha value is -2.24. The van der Waals surface area contributed by atoms with Crippen LogP contribution >= 0.6 is 0 Å². The maximum atomic E-state index is 13.0. The Morgan fingerprint density at radius 1 is 1.21 bits per heavy atom. The van der Waals surface area contributed by atoms with Gasteiger partial charge in [0.1, 0.15) is 11.5 Å². The van der Waals surface area contributed by atoms with E-state index >= 15 is 0 Å². The first-order valence-corrected chi connectivity index (χ1v) is 8.16. The number of benzene rings is 1. The fourth-order valence-electron chi connectivity index (χ4n) is 3.08. The van der Waals surface area contributed by atoms with Crippen LogP contribution in [0, 0.1) is 5.82 Å². The first kappa shape index (κ1) is 16.6. The van der Waals surface area contributed by atoms with Gasteiger partial charge in [-0.2, -0.15) is 0 Å². The third-order valence-corrected chi connectivity index (χ3v) is 4.32. The SMILES string of the molecule is CC(CC(O)c1ccc(F)cc1)NC(C)c1c[nH]c2ncccc12. The maximum Gasteiger partial charge on any atom is 0.137 e. The molecule has 5 heteroatoms. The molecule has 24 heavy (non-hydrogen) atoms. The Morgan fingerprint density at radius 2 is 1.96 bits per heavy atom. The first-order valence-electron chi connectivity index (χ1n) is 8.16. The number of nitrogens with one attached hydrogen (secondary N) is 2. The highest BCUT2D eigenvalue weighted by molar-refractivity contribution is 5.79. The number of aliphatic hydroxyl groups is 1. The van der Waals surface area contributed by atoms with Crippen molar-refractivity contribution in [2.75, 3.05) is 0 Å². The van der Waals surface area contributed by atoms with Crippen molar-refractivity contribution >= 4 is 11.0 Å². The minimum absolute atomic E-state index is 0.0988. The van der Waals surface area contributed by atoms with Gasteiger partial charge in [0.25, 0.3) is 0 Å². The number of aliphatic hydroxyl groups excluding tert-OH is 1. The zero-order chi connectivity index (χ0) is 17.1. The van der Waals surface area contributed by atoms with E-state index < -0.39 is 6.10 Å². The first-order chi connectivity index (χ1) is 11.5. The molecule has 3 rings (SSSR count). The summed E-state index contributed by atoms with van der Waals surface area (Å²) in [6, 6.07) is 10.2. The van der Waals surface area contributed by atoms with Gasteiger partial charge >= 0.3 is 0 Å². The summed E-state index contributed by atoms with van der Waals surface area (Å²) in [7, 11) is 0. The number of rotatable bonds is 6. The number of aromatic amines is 1. The standard InChI is InChI=1S/C19H22FN3O/c1-12(10-18(24)14-5-7-15(20)8-6-14)23-13(2)17-11-22-19-16(17)4-3-9-21-19/h3-9,11-13,18,23-24H,10H2,1-2H3,(H,21,22). The normalized spacial score (nSPS) is 15.3. The zero-order valence-corrected chi connectivity index (χ0v) is 13.8. The number of hydrogen-bond acceptors (Lipinski definition) is 3. The van der Waals surface area contributed by atoms with Crippen LogP contribution in [-0.2, 0) is 0 Å². The molecule has 4 nitrogen and oxygen atoms in total. The van der Waals surface area contributed by atoms with E-state index in [2.05, 4.69) is 22.2 Å². The molecular formula is C19H22FN3O. The second-order valence-electron chi connectivity index (χ2n) is 6.24. The minimum Gasteiger partial charge on any atom is -0.388 e. The largest absolute Gasteiger partial charge is 0.388 e. The van der Waals surface area contributed by atoms with Crippen molar-refractivity contribution in [3.8, 4) is 0 Å². The van der Waals surface area contributed by atoms with Crippen LogP contribution in [0.15, 0.2) is 48.8 Å². The summed E-state index contributed by atoms with van der Waals surface area (Å²) in [5.74, 6) is -0.293. The van der Waals surface area contributed by atoms with Crippen LogP contribution in [0.3, 0.4) is 0 Å². The van der Waals surface area contributed by atoms with E-state index in [1.54, 1.807) is 18.3 Å². The van der Waals surface area contributed by atoms with Crippen LogP contribution < -0.4 is 5.32 Å². The van der Waals surface area contributed by atoms with E-state index in [-0.39, 0.29) is 17.9 Å². The number of pyridine rings is 1. The molecule has 3 N–H and O–H groups in total. The molecule has 0 aliphatic carbocycles. The van der Waals surface area contributed by atoms with Gasteiger partial charge in [-0.1, -0.05) is 12.1 Å². The van der Waals surface area contributed by atoms with Crippen LogP contribution in [0.2, 0.25) is 0 Å². The summed E-state index contributed by atoms with van der Waals surface area (Å²) in [6.45, 7) is 4.13. The lowest BCUT2D eigenvalue weighted by molar-refractivity contribution is 0.152. The van der Waals surface area contributed by atoms with E-state index in [0.717, 1.165) is 22.2 Å². The van der Waals surface area contributed by atoms with Crippen LogP contribution in [0.1, 0.15) is 43.5 Å². The van der Waals surface area contributed by atoms with Crippen LogP contribution in [-0.4, -0.2) is 21.1 Å². The molecule has 0 bridgehead atoms. The Kier molecular flexibility index (Phi) is 4.92. The summed E-state index contributed by atoms with van der Waals surface area (Å²) in [4.78, 5) is 7.48. The lowest BCUT2D eigenvalue weighted by Crippen LogP contribution is -2.30. The molecule has 0 aliphatic rings. The smallest absolute Gasteiger partial charge is 0.137 e. The van der Waals surface area contributed by atoms with E-state index in [1.165, 1.54) is 12.1 Å². The van der Waals surface area contributed by atoms with E-state index in [9.17, 15) is 9.50 Å². The van der Waals surface area contributed by atoms with Gasteiger partial charge in [-0.05, 0) is 55.7 Å².